The van der Waals surface area contributed by atoms with Gasteiger partial charge < -0.3 is 9.84 Å². The molecule has 0 atom stereocenters. The van der Waals surface area contributed by atoms with E-state index in [0.29, 0.717) is 0 Å². The van der Waals surface area contributed by atoms with Crippen LogP contribution >= 0.6 is 0 Å². The Morgan fingerprint density at radius 2 is 1.85 bits per heavy atom. The van der Waals surface area contributed by atoms with Crippen molar-refractivity contribution in [2.24, 2.45) is 0 Å². The number of ether oxygens (including phenoxy) is 1. The van der Waals surface area contributed by atoms with Crippen molar-refractivity contribution in [3.05, 3.63) is 42.2 Å². The third-order valence-electron chi connectivity index (χ3n) is 1.29. The van der Waals surface area contributed by atoms with Crippen molar-refractivity contribution in [3.63, 3.8) is 0 Å². The van der Waals surface area contributed by atoms with Gasteiger partial charge in [-0.15, -0.1) is 0 Å². The van der Waals surface area contributed by atoms with Crippen molar-refractivity contribution in [3.8, 4) is 5.75 Å². The number of halogens is 2. The van der Waals surface area contributed by atoms with Crippen LogP contribution in [0.1, 0.15) is 0 Å². The number of benzene rings is 1. The van der Waals surface area contributed by atoms with Crippen LogP contribution in [0.2, 0.25) is 0 Å². The summed E-state index contributed by atoms with van der Waals surface area (Å²) in [6, 6.07) is 2.89. The second kappa shape index (κ2) is 4.45. The lowest BCUT2D eigenvalue weighted by Gasteiger charge is -2.02. The second-order valence-electron chi connectivity index (χ2n) is 2.30. The lowest BCUT2D eigenvalue weighted by Crippen LogP contribution is -1.94. The van der Waals surface area contributed by atoms with Gasteiger partial charge in [0, 0.05) is 18.2 Å². The van der Waals surface area contributed by atoms with Crippen LogP contribution in [0.25, 0.3) is 0 Å². The third kappa shape index (κ3) is 3.11. The van der Waals surface area contributed by atoms with Gasteiger partial charge in [-0.05, 0) is 6.08 Å². The van der Waals surface area contributed by atoms with E-state index >= 15 is 0 Å². The number of hydrogen-bond acceptors (Lipinski definition) is 2. The Labute approximate surface area is 74.1 Å². The van der Waals surface area contributed by atoms with Crippen molar-refractivity contribution in [2.45, 2.75) is 0 Å². The first kappa shape index (κ1) is 9.51. The molecule has 1 rings (SSSR count). The molecule has 0 aliphatic heterocycles. The Morgan fingerprint density at radius 1 is 1.23 bits per heavy atom. The molecule has 0 spiro atoms. The first-order chi connectivity index (χ1) is 6.22. The molecule has 0 aromatic heterocycles. The first-order valence-electron chi connectivity index (χ1n) is 3.60. The summed E-state index contributed by atoms with van der Waals surface area (Å²) >= 11 is 0. The van der Waals surface area contributed by atoms with Crippen molar-refractivity contribution in [2.75, 3.05) is 6.61 Å². The maximum atomic E-state index is 12.5. The number of hydrogen-bond donors (Lipinski definition) is 1. The van der Waals surface area contributed by atoms with Gasteiger partial charge >= 0.3 is 0 Å². The minimum atomic E-state index is -0.692. The molecule has 70 valence electrons. The standard InChI is InChI=1S/C9H8F2O2/c10-7-4-8(11)6-9(5-7)13-3-1-2-12/h1-2,4-6,12H,3H2. The zero-order valence-electron chi connectivity index (χ0n) is 6.71. The summed E-state index contributed by atoms with van der Waals surface area (Å²) in [5.41, 5.74) is 0. The molecule has 1 aromatic rings. The van der Waals surface area contributed by atoms with Crippen LogP contribution < -0.4 is 4.74 Å². The molecule has 0 fully saturated rings. The van der Waals surface area contributed by atoms with E-state index in [1.165, 1.54) is 6.08 Å². The molecule has 0 saturated heterocycles. The Bertz CT molecular complexity index is 290. The molecular formula is C9H8F2O2. The molecule has 0 unspecified atom stereocenters. The van der Waals surface area contributed by atoms with Crippen molar-refractivity contribution < 1.29 is 18.6 Å². The zero-order chi connectivity index (χ0) is 9.68. The quantitative estimate of drug-likeness (QED) is 0.734. The fraction of sp³-hybridized carbons (Fsp3) is 0.111. The molecule has 1 aromatic carbocycles. The van der Waals surface area contributed by atoms with Gasteiger partial charge in [0.25, 0.3) is 0 Å². The van der Waals surface area contributed by atoms with E-state index in [0.717, 1.165) is 24.5 Å². The van der Waals surface area contributed by atoms with Gasteiger partial charge in [0.15, 0.2) is 0 Å². The second-order valence-corrected chi connectivity index (χ2v) is 2.30. The van der Waals surface area contributed by atoms with E-state index < -0.39 is 11.6 Å². The Kier molecular flexibility index (Phi) is 3.25. The van der Waals surface area contributed by atoms with E-state index in [1.807, 2.05) is 0 Å². The van der Waals surface area contributed by atoms with Crippen LogP contribution in [-0.2, 0) is 0 Å². The number of aliphatic hydroxyl groups excluding tert-OH is 1. The molecule has 2 nitrogen and oxygen atoms in total. The minimum Gasteiger partial charge on any atom is -0.516 e. The zero-order valence-corrected chi connectivity index (χ0v) is 6.71. The summed E-state index contributed by atoms with van der Waals surface area (Å²) < 4.78 is 30.0. The Balaban J connectivity index is 2.66. The largest absolute Gasteiger partial charge is 0.516 e. The van der Waals surface area contributed by atoms with Crippen LogP contribution in [-0.4, -0.2) is 11.7 Å². The van der Waals surface area contributed by atoms with E-state index in [4.69, 9.17) is 9.84 Å². The topological polar surface area (TPSA) is 29.5 Å². The third-order valence-corrected chi connectivity index (χ3v) is 1.29. The van der Waals surface area contributed by atoms with Gasteiger partial charge in [-0.1, -0.05) is 0 Å². The molecule has 4 heteroatoms. The lowest BCUT2D eigenvalue weighted by molar-refractivity contribution is 0.351. The van der Waals surface area contributed by atoms with Crippen molar-refractivity contribution in [1.29, 1.82) is 0 Å². The predicted octanol–water partition coefficient (Wildman–Crippen LogP) is 2.42. The van der Waals surface area contributed by atoms with Gasteiger partial charge in [0.05, 0.1) is 6.26 Å². The maximum absolute atomic E-state index is 12.5. The normalized spacial score (nSPS) is 10.6. The van der Waals surface area contributed by atoms with Crippen LogP contribution in [0, 0.1) is 11.6 Å². The fourth-order valence-corrected chi connectivity index (χ4v) is 0.799. The highest BCUT2D eigenvalue weighted by Crippen LogP contribution is 2.14. The molecule has 0 radical (unpaired) electrons. The summed E-state index contributed by atoms with van der Waals surface area (Å²) in [6.45, 7) is 0.0688. The smallest absolute Gasteiger partial charge is 0.129 e. The average molecular weight is 186 g/mol. The molecule has 0 heterocycles. The molecule has 0 aliphatic carbocycles. The highest BCUT2D eigenvalue weighted by molar-refractivity contribution is 5.23. The molecule has 0 saturated carbocycles. The number of aliphatic hydroxyl groups is 1. The molecule has 13 heavy (non-hydrogen) atoms. The van der Waals surface area contributed by atoms with Gasteiger partial charge in [-0.3, -0.25) is 0 Å². The molecule has 0 aliphatic rings. The van der Waals surface area contributed by atoms with Gasteiger partial charge in [0.1, 0.15) is 24.0 Å². The fourth-order valence-electron chi connectivity index (χ4n) is 0.799. The van der Waals surface area contributed by atoms with E-state index in [-0.39, 0.29) is 12.4 Å². The summed E-state index contributed by atoms with van der Waals surface area (Å²) in [4.78, 5) is 0. The van der Waals surface area contributed by atoms with E-state index in [2.05, 4.69) is 0 Å². The van der Waals surface area contributed by atoms with E-state index in [1.54, 1.807) is 0 Å². The summed E-state index contributed by atoms with van der Waals surface area (Å²) in [5, 5.41) is 8.24. The molecule has 0 amide bonds. The van der Waals surface area contributed by atoms with Crippen molar-refractivity contribution >= 4 is 0 Å². The van der Waals surface area contributed by atoms with Crippen LogP contribution in [0.3, 0.4) is 0 Å². The summed E-state index contributed by atoms with van der Waals surface area (Å²) in [6.07, 6.45) is 2.11. The predicted molar refractivity (Wildman–Crippen MR) is 43.6 cm³/mol. The highest BCUT2D eigenvalue weighted by atomic mass is 19.1. The molecule has 1 N–H and O–H groups in total. The molecular weight excluding hydrogens is 178 g/mol. The van der Waals surface area contributed by atoms with Gasteiger partial charge in [0.2, 0.25) is 0 Å². The summed E-state index contributed by atoms with van der Waals surface area (Å²) in [5.74, 6) is -1.29. The Morgan fingerprint density at radius 3 is 2.38 bits per heavy atom. The number of rotatable bonds is 3. The lowest BCUT2D eigenvalue weighted by atomic mass is 10.3. The van der Waals surface area contributed by atoms with Gasteiger partial charge in [-0.2, -0.15) is 0 Å². The minimum absolute atomic E-state index is 0.0688. The van der Waals surface area contributed by atoms with Crippen molar-refractivity contribution in [1.82, 2.24) is 0 Å². The monoisotopic (exact) mass is 186 g/mol. The van der Waals surface area contributed by atoms with Crippen LogP contribution in [0.15, 0.2) is 30.5 Å². The highest BCUT2D eigenvalue weighted by Gasteiger charge is 1.99. The summed E-state index contributed by atoms with van der Waals surface area (Å²) in [7, 11) is 0. The SMILES string of the molecule is OC=CCOc1cc(F)cc(F)c1. The Hall–Kier alpha value is -1.58. The maximum Gasteiger partial charge on any atom is 0.129 e. The van der Waals surface area contributed by atoms with Crippen LogP contribution in [0.4, 0.5) is 8.78 Å². The first-order valence-corrected chi connectivity index (χ1v) is 3.60. The molecule has 0 bridgehead atoms. The van der Waals surface area contributed by atoms with Gasteiger partial charge in [-0.25, -0.2) is 8.78 Å². The average Bonchev–Trinajstić information content (AvgIpc) is 2.03. The van der Waals surface area contributed by atoms with Crippen LogP contribution in [0.5, 0.6) is 5.75 Å². The van der Waals surface area contributed by atoms with E-state index in [9.17, 15) is 8.78 Å².